The predicted molar refractivity (Wildman–Crippen MR) is 73.9 cm³/mol. The summed E-state index contributed by atoms with van der Waals surface area (Å²) in [6.07, 6.45) is 4.62. The first-order chi connectivity index (χ1) is 7.89. The fraction of sp³-hybridized carbons (Fsp3) is 0.625. The standard InChI is InChI=1S/C16H25N/c1-13-9-15(2,3)12-16(17,10-13)11-14-7-5-4-6-8-14/h4-8,13H,9-12,17H2,1-3H3. The van der Waals surface area contributed by atoms with Gasteiger partial charge >= 0.3 is 0 Å². The van der Waals surface area contributed by atoms with Gasteiger partial charge in [-0.1, -0.05) is 51.1 Å². The third-order valence-corrected chi connectivity index (χ3v) is 3.89. The largest absolute Gasteiger partial charge is 0.325 e. The third-order valence-electron chi connectivity index (χ3n) is 3.89. The predicted octanol–water partition coefficient (Wildman–Crippen LogP) is 3.77. The van der Waals surface area contributed by atoms with Crippen LogP contribution >= 0.6 is 0 Å². The molecule has 2 N–H and O–H groups in total. The van der Waals surface area contributed by atoms with Crippen LogP contribution in [0.2, 0.25) is 0 Å². The fourth-order valence-corrected chi connectivity index (χ4v) is 3.94. The molecule has 1 saturated carbocycles. The lowest BCUT2D eigenvalue weighted by Crippen LogP contribution is -2.50. The summed E-state index contributed by atoms with van der Waals surface area (Å²) < 4.78 is 0. The number of nitrogens with two attached hydrogens (primary N) is 1. The summed E-state index contributed by atoms with van der Waals surface area (Å²) in [5.41, 5.74) is 8.41. The minimum absolute atomic E-state index is 0.0114. The molecule has 0 aliphatic heterocycles. The Bertz CT molecular complexity index is 368. The van der Waals surface area contributed by atoms with Crippen molar-refractivity contribution in [2.45, 2.75) is 52.0 Å². The molecule has 1 aliphatic carbocycles. The summed E-state index contributed by atoms with van der Waals surface area (Å²) in [5.74, 6) is 0.743. The van der Waals surface area contributed by atoms with Gasteiger partial charge in [0, 0.05) is 5.54 Å². The Hall–Kier alpha value is -0.820. The number of hydrogen-bond acceptors (Lipinski definition) is 1. The van der Waals surface area contributed by atoms with E-state index in [2.05, 4.69) is 51.1 Å². The first-order valence-electron chi connectivity index (χ1n) is 6.71. The zero-order chi connectivity index (χ0) is 12.5. The van der Waals surface area contributed by atoms with Gasteiger partial charge in [-0.15, -0.1) is 0 Å². The Kier molecular flexibility index (Phi) is 3.31. The van der Waals surface area contributed by atoms with Crippen LogP contribution in [0.4, 0.5) is 0 Å². The quantitative estimate of drug-likeness (QED) is 0.823. The Morgan fingerprint density at radius 1 is 1.18 bits per heavy atom. The van der Waals surface area contributed by atoms with Crippen molar-refractivity contribution in [1.82, 2.24) is 0 Å². The molecule has 17 heavy (non-hydrogen) atoms. The van der Waals surface area contributed by atoms with E-state index >= 15 is 0 Å². The molecule has 1 aromatic rings. The van der Waals surface area contributed by atoms with E-state index in [1.54, 1.807) is 0 Å². The third kappa shape index (κ3) is 3.32. The first kappa shape index (κ1) is 12.6. The molecule has 94 valence electrons. The normalized spacial score (nSPS) is 32.4. The van der Waals surface area contributed by atoms with Crippen LogP contribution in [0.1, 0.15) is 45.6 Å². The maximum Gasteiger partial charge on any atom is 0.0202 e. The van der Waals surface area contributed by atoms with Crippen molar-refractivity contribution in [1.29, 1.82) is 0 Å². The van der Waals surface area contributed by atoms with E-state index in [9.17, 15) is 0 Å². The van der Waals surface area contributed by atoms with Crippen molar-refractivity contribution in [2.24, 2.45) is 17.1 Å². The Balaban J connectivity index is 2.13. The highest BCUT2D eigenvalue weighted by molar-refractivity contribution is 5.18. The summed E-state index contributed by atoms with van der Waals surface area (Å²) >= 11 is 0. The van der Waals surface area contributed by atoms with Gasteiger partial charge in [-0.2, -0.15) is 0 Å². The molecule has 1 fully saturated rings. The molecule has 0 spiro atoms. The maximum atomic E-state index is 6.66. The molecule has 0 heterocycles. The van der Waals surface area contributed by atoms with Gasteiger partial charge < -0.3 is 5.73 Å². The first-order valence-corrected chi connectivity index (χ1v) is 6.71. The molecule has 0 radical (unpaired) electrons. The Morgan fingerprint density at radius 2 is 1.82 bits per heavy atom. The lowest BCUT2D eigenvalue weighted by molar-refractivity contribution is 0.108. The van der Waals surface area contributed by atoms with Crippen molar-refractivity contribution in [3.8, 4) is 0 Å². The van der Waals surface area contributed by atoms with Gasteiger partial charge in [0.15, 0.2) is 0 Å². The molecule has 1 heteroatoms. The average molecular weight is 231 g/mol. The van der Waals surface area contributed by atoms with E-state index in [4.69, 9.17) is 5.73 Å². The highest BCUT2D eigenvalue weighted by Crippen LogP contribution is 2.43. The van der Waals surface area contributed by atoms with Gasteiger partial charge in [-0.25, -0.2) is 0 Å². The van der Waals surface area contributed by atoms with Crippen LogP contribution in [-0.2, 0) is 6.42 Å². The van der Waals surface area contributed by atoms with E-state index < -0.39 is 0 Å². The minimum Gasteiger partial charge on any atom is -0.325 e. The van der Waals surface area contributed by atoms with Crippen LogP contribution in [0.5, 0.6) is 0 Å². The van der Waals surface area contributed by atoms with Crippen LogP contribution in [0.25, 0.3) is 0 Å². The summed E-state index contributed by atoms with van der Waals surface area (Å²) in [6.45, 7) is 7.05. The molecule has 1 aliphatic rings. The number of hydrogen-bond donors (Lipinski definition) is 1. The average Bonchev–Trinajstić information content (AvgIpc) is 2.13. The van der Waals surface area contributed by atoms with Crippen LogP contribution in [0.15, 0.2) is 30.3 Å². The van der Waals surface area contributed by atoms with Gasteiger partial charge in [0.1, 0.15) is 0 Å². The van der Waals surface area contributed by atoms with Crippen molar-refractivity contribution < 1.29 is 0 Å². The molecule has 1 nitrogen and oxygen atoms in total. The van der Waals surface area contributed by atoms with Crippen LogP contribution in [0.3, 0.4) is 0 Å². The summed E-state index contributed by atoms with van der Waals surface area (Å²) in [7, 11) is 0. The molecule has 1 aromatic carbocycles. The highest BCUT2D eigenvalue weighted by Gasteiger charge is 2.40. The van der Waals surface area contributed by atoms with Crippen molar-refractivity contribution in [3.63, 3.8) is 0 Å². The zero-order valence-electron chi connectivity index (χ0n) is 11.4. The topological polar surface area (TPSA) is 26.0 Å². The maximum absolute atomic E-state index is 6.66. The molecule has 0 aromatic heterocycles. The Morgan fingerprint density at radius 3 is 2.41 bits per heavy atom. The molecule has 0 saturated heterocycles. The van der Waals surface area contributed by atoms with Crippen LogP contribution in [0, 0.1) is 11.3 Å². The highest BCUT2D eigenvalue weighted by atomic mass is 14.8. The van der Waals surface area contributed by atoms with Crippen molar-refractivity contribution >= 4 is 0 Å². The van der Waals surface area contributed by atoms with Crippen molar-refractivity contribution in [2.75, 3.05) is 0 Å². The van der Waals surface area contributed by atoms with E-state index in [1.807, 2.05) is 0 Å². The molecular formula is C16H25N. The molecule has 2 atom stereocenters. The van der Waals surface area contributed by atoms with Gasteiger partial charge in [-0.3, -0.25) is 0 Å². The second-order valence-corrected chi connectivity index (χ2v) is 6.88. The fourth-order valence-electron chi connectivity index (χ4n) is 3.94. The number of rotatable bonds is 2. The van der Waals surface area contributed by atoms with E-state index in [0.29, 0.717) is 5.41 Å². The lowest BCUT2D eigenvalue weighted by Gasteiger charge is -2.46. The summed E-state index contributed by atoms with van der Waals surface area (Å²) in [4.78, 5) is 0. The van der Waals surface area contributed by atoms with Gasteiger partial charge in [-0.05, 0) is 42.6 Å². The second kappa shape index (κ2) is 4.45. The molecule has 0 amide bonds. The van der Waals surface area contributed by atoms with Gasteiger partial charge in [0.2, 0.25) is 0 Å². The summed E-state index contributed by atoms with van der Waals surface area (Å²) in [5, 5.41) is 0. The number of benzene rings is 1. The monoisotopic (exact) mass is 231 g/mol. The zero-order valence-corrected chi connectivity index (χ0v) is 11.4. The second-order valence-electron chi connectivity index (χ2n) is 6.88. The Labute approximate surface area is 105 Å². The molecule has 2 rings (SSSR count). The van der Waals surface area contributed by atoms with Gasteiger partial charge in [0.25, 0.3) is 0 Å². The van der Waals surface area contributed by atoms with Crippen molar-refractivity contribution in [3.05, 3.63) is 35.9 Å². The van der Waals surface area contributed by atoms with E-state index in [1.165, 1.54) is 12.0 Å². The molecule has 2 unspecified atom stereocenters. The van der Waals surface area contributed by atoms with Gasteiger partial charge in [0.05, 0.1) is 0 Å². The molecular weight excluding hydrogens is 206 g/mol. The smallest absolute Gasteiger partial charge is 0.0202 e. The summed E-state index contributed by atoms with van der Waals surface area (Å²) in [6, 6.07) is 10.7. The lowest BCUT2D eigenvalue weighted by atomic mass is 9.63. The SMILES string of the molecule is CC1CC(C)(C)CC(N)(Cc2ccccc2)C1. The van der Waals surface area contributed by atoms with Crippen LogP contribution in [-0.4, -0.2) is 5.54 Å². The molecule has 0 bridgehead atoms. The van der Waals surface area contributed by atoms with E-state index in [0.717, 1.165) is 25.2 Å². The van der Waals surface area contributed by atoms with E-state index in [-0.39, 0.29) is 5.54 Å². The van der Waals surface area contributed by atoms with Crippen LogP contribution < -0.4 is 5.73 Å². The minimum atomic E-state index is -0.0114.